The Labute approximate surface area is 169 Å². The number of sulfonamides is 1. The Morgan fingerprint density at radius 2 is 1.86 bits per heavy atom. The largest absolute Gasteiger partial charge is 0.351 e. The van der Waals surface area contributed by atoms with Crippen molar-refractivity contribution in [1.29, 1.82) is 0 Å². The number of hydrogen-bond acceptors (Lipinski definition) is 5. The fraction of sp³-hybridized carbons (Fsp3) is 0.368. The smallest absolute Gasteiger partial charge is 0.261 e. The summed E-state index contributed by atoms with van der Waals surface area (Å²) < 4.78 is 27.4. The summed E-state index contributed by atoms with van der Waals surface area (Å²) in [4.78, 5) is 24.6. The van der Waals surface area contributed by atoms with Gasteiger partial charge in [-0.05, 0) is 56.8 Å². The van der Waals surface area contributed by atoms with Crippen molar-refractivity contribution in [2.45, 2.75) is 44.0 Å². The average Bonchev–Trinajstić information content (AvgIpc) is 3.11. The van der Waals surface area contributed by atoms with Crippen LogP contribution in [0.1, 0.15) is 43.3 Å². The van der Waals surface area contributed by atoms with Gasteiger partial charge in [0.25, 0.3) is 5.91 Å². The molecule has 0 bridgehead atoms. The van der Waals surface area contributed by atoms with Gasteiger partial charge in [-0.2, -0.15) is 0 Å². The second-order valence-corrected chi connectivity index (χ2v) is 9.90. The predicted octanol–water partition coefficient (Wildman–Crippen LogP) is 2.97. The molecule has 0 spiro atoms. The molecule has 0 saturated carbocycles. The van der Waals surface area contributed by atoms with Crippen molar-refractivity contribution in [1.82, 2.24) is 10.0 Å². The maximum Gasteiger partial charge on any atom is 0.261 e. The molecule has 0 aliphatic carbocycles. The van der Waals surface area contributed by atoms with Crippen LogP contribution in [0.4, 0.5) is 5.69 Å². The van der Waals surface area contributed by atoms with E-state index in [9.17, 15) is 18.0 Å². The topological polar surface area (TPSA) is 104 Å². The minimum atomic E-state index is -3.68. The fourth-order valence-electron chi connectivity index (χ4n) is 2.37. The number of amides is 2. The van der Waals surface area contributed by atoms with E-state index in [1.165, 1.54) is 23.5 Å². The highest BCUT2D eigenvalue weighted by Gasteiger charge is 2.22. The molecular formula is C19H25N3O4S2. The van der Waals surface area contributed by atoms with E-state index in [2.05, 4.69) is 15.4 Å². The van der Waals surface area contributed by atoms with Crippen molar-refractivity contribution in [3.63, 3.8) is 0 Å². The van der Waals surface area contributed by atoms with Gasteiger partial charge in [0, 0.05) is 24.2 Å². The lowest BCUT2D eigenvalue weighted by atomic mass is 10.1. The zero-order valence-electron chi connectivity index (χ0n) is 16.1. The van der Waals surface area contributed by atoms with Gasteiger partial charge < -0.3 is 10.6 Å². The lowest BCUT2D eigenvalue weighted by Gasteiger charge is -2.20. The number of hydrogen-bond donors (Lipinski definition) is 3. The molecule has 0 unspecified atom stereocenters. The van der Waals surface area contributed by atoms with E-state index in [1.807, 2.05) is 5.38 Å². The van der Waals surface area contributed by atoms with Gasteiger partial charge >= 0.3 is 0 Å². The van der Waals surface area contributed by atoms with Gasteiger partial charge in [-0.3, -0.25) is 9.59 Å². The third-order valence-corrected chi connectivity index (χ3v) is 6.10. The Morgan fingerprint density at radius 1 is 1.11 bits per heavy atom. The zero-order chi connectivity index (χ0) is 20.8. The van der Waals surface area contributed by atoms with Crippen molar-refractivity contribution in [2.24, 2.45) is 0 Å². The van der Waals surface area contributed by atoms with Crippen molar-refractivity contribution in [3.8, 4) is 0 Å². The number of rotatable bonds is 8. The summed E-state index contributed by atoms with van der Waals surface area (Å²) in [6, 6.07) is 9.65. The molecule has 1 aromatic heterocycles. The van der Waals surface area contributed by atoms with Crippen LogP contribution in [-0.2, 0) is 14.8 Å². The molecule has 2 rings (SSSR count). The Kier molecular flexibility index (Phi) is 7.34. The lowest BCUT2D eigenvalue weighted by molar-refractivity contribution is -0.116. The minimum Gasteiger partial charge on any atom is -0.351 e. The summed E-state index contributed by atoms with van der Waals surface area (Å²) in [5, 5.41) is 7.28. The summed E-state index contributed by atoms with van der Waals surface area (Å²) in [5.41, 5.74) is -0.199. The molecule has 28 heavy (non-hydrogen) atoms. The summed E-state index contributed by atoms with van der Waals surface area (Å²) in [7, 11) is -3.68. The van der Waals surface area contributed by atoms with Crippen molar-refractivity contribution in [2.75, 3.05) is 11.9 Å². The normalized spacial score (nSPS) is 11.8. The van der Waals surface area contributed by atoms with E-state index < -0.39 is 15.6 Å². The summed E-state index contributed by atoms with van der Waals surface area (Å²) in [5.74, 6) is -0.400. The van der Waals surface area contributed by atoms with Crippen LogP contribution in [0, 0.1) is 0 Å². The first-order valence-electron chi connectivity index (χ1n) is 8.82. The first-order chi connectivity index (χ1) is 13.1. The first kappa shape index (κ1) is 22.1. The maximum absolute atomic E-state index is 12.4. The summed E-state index contributed by atoms with van der Waals surface area (Å²) in [6.45, 7) is 5.66. The van der Waals surface area contributed by atoms with Crippen molar-refractivity contribution < 1.29 is 18.0 Å². The van der Waals surface area contributed by atoms with Crippen molar-refractivity contribution >= 4 is 38.9 Å². The Balaban J connectivity index is 1.84. The molecule has 1 heterocycles. The quantitative estimate of drug-likeness (QED) is 0.568. The Hall–Kier alpha value is -2.23. The van der Waals surface area contributed by atoms with E-state index in [-0.39, 0.29) is 23.1 Å². The number of carbonyl (C=O) groups is 2. The molecule has 2 aromatic rings. The molecule has 9 heteroatoms. The molecule has 3 N–H and O–H groups in total. The SMILES string of the molecule is CC(C)(C)NS(=O)(=O)c1cccc(NC(=O)CCCNC(=O)c2cccs2)c1. The van der Waals surface area contributed by atoms with Crippen LogP contribution in [-0.4, -0.2) is 32.3 Å². The summed E-state index contributed by atoms with van der Waals surface area (Å²) >= 11 is 1.36. The van der Waals surface area contributed by atoms with E-state index in [4.69, 9.17) is 0 Å². The van der Waals surface area contributed by atoms with Gasteiger partial charge in [0.2, 0.25) is 15.9 Å². The van der Waals surface area contributed by atoms with Gasteiger partial charge in [0.05, 0.1) is 9.77 Å². The highest BCUT2D eigenvalue weighted by atomic mass is 32.2. The Morgan fingerprint density at radius 3 is 2.50 bits per heavy atom. The monoisotopic (exact) mass is 423 g/mol. The Bertz CT molecular complexity index is 917. The van der Waals surface area contributed by atoms with Crippen LogP contribution in [0.25, 0.3) is 0 Å². The number of anilines is 1. The molecule has 7 nitrogen and oxygen atoms in total. The van der Waals surface area contributed by atoms with Crippen LogP contribution in [0.3, 0.4) is 0 Å². The minimum absolute atomic E-state index is 0.0865. The van der Waals surface area contributed by atoms with E-state index in [0.29, 0.717) is 23.5 Å². The molecule has 0 aliphatic rings. The zero-order valence-corrected chi connectivity index (χ0v) is 17.7. The average molecular weight is 424 g/mol. The highest BCUT2D eigenvalue weighted by molar-refractivity contribution is 7.89. The van der Waals surface area contributed by atoms with Crippen LogP contribution < -0.4 is 15.4 Å². The molecule has 0 radical (unpaired) electrons. The number of carbonyl (C=O) groups excluding carboxylic acids is 2. The van der Waals surface area contributed by atoms with Gasteiger partial charge in [0.15, 0.2) is 0 Å². The number of thiophene rings is 1. The molecule has 0 aliphatic heterocycles. The van der Waals surface area contributed by atoms with E-state index in [0.717, 1.165) is 0 Å². The number of benzene rings is 1. The predicted molar refractivity (Wildman–Crippen MR) is 111 cm³/mol. The molecule has 2 amide bonds. The third kappa shape index (κ3) is 7.06. The van der Waals surface area contributed by atoms with Crippen LogP contribution in [0.2, 0.25) is 0 Å². The van der Waals surface area contributed by atoms with E-state index in [1.54, 1.807) is 45.0 Å². The summed E-state index contributed by atoms with van der Waals surface area (Å²) in [6.07, 6.45) is 0.689. The highest BCUT2D eigenvalue weighted by Crippen LogP contribution is 2.17. The van der Waals surface area contributed by atoms with Crippen LogP contribution >= 0.6 is 11.3 Å². The molecule has 152 valence electrons. The molecule has 0 saturated heterocycles. The molecule has 0 fully saturated rings. The second-order valence-electron chi connectivity index (χ2n) is 7.27. The standard InChI is InChI=1S/C19H25N3O4S2/c1-19(2,3)22-28(25,26)15-8-4-7-14(13-15)21-17(23)10-5-11-20-18(24)16-9-6-12-27-16/h4,6-9,12-13,22H,5,10-11H2,1-3H3,(H,20,24)(H,21,23). The first-order valence-corrected chi connectivity index (χ1v) is 11.2. The number of nitrogens with one attached hydrogen (secondary N) is 3. The van der Waals surface area contributed by atoms with Gasteiger partial charge in [-0.1, -0.05) is 12.1 Å². The molecule has 1 aromatic carbocycles. The lowest BCUT2D eigenvalue weighted by Crippen LogP contribution is -2.40. The van der Waals surface area contributed by atoms with E-state index >= 15 is 0 Å². The second kappa shape index (κ2) is 9.31. The van der Waals surface area contributed by atoms with Crippen LogP contribution in [0.5, 0.6) is 0 Å². The van der Waals surface area contributed by atoms with Gasteiger partial charge in [-0.15, -0.1) is 11.3 Å². The maximum atomic E-state index is 12.4. The van der Waals surface area contributed by atoms with Crippen LogP contribution in [0.15, 0.2) is 46.7 Å². The fourth-order valence-corrected chi connectivity index (χ4v) is 4.48. The van der Waals surface area contributed by atoms with Gasteiger partial charge in [0.1, 0.15) is 0 Å². The third-order valence-electron chi connectivity index (χ3n) is 3.48. The molecule has 0 atom stereocenters. The van der Waals surface area contributed by atoms with Crippen molar-refractivity contribution in [3.05, 3.63) is 46.7 Å². The molecular weight excluding hydrogens is 398 g/mol. The van der Waals surface area contributed by atoms with Gasteiger partial charge in [-0.25, -0.2) is 13.1 Å².